The normalized spacial score (nSPS) is 11.6. The molecule has 0 N–H and O–H groups in total. The van der Waals surface area contributed by atoms with Crippen LogP contribution < -0.4 is 0 Å². The van der Waals surface area contributed by atoms with Crippen LogP contribution in [0.15, 0.2) is 199 Å². The SMILES string of the molecule is c1ccc(-c2cccc(-n3c4ccc(-c5cccc(-c6nc(-c7ccccc7)nc(-c7ccccc7)n6)c5)cc4c4c5oc6ccccc6c5ccc43)c2)cc1. The van der Waals surface area contributed by atoms with Crippen LogP contribution in [0, 0.1) is 0 Å². The van der Waals surface area contributed by atoms with Gasteiger partial charge in [0.25, 0.3) is 0 Å². The van der Waals surface area contributed by atoms with Gasteiger partial charge >= 0.3 is 0 Å². The Morgan fingerprint density at radius 3 is 1.59 bits per heavy atom. The van der Waals surface area contributed by atoms with Crippen molar-refractivity contribution >= 4 is 43.7 Å². The van der Waals surface area contributed by atoms with E-state index < -0.39 is 0 Å². The minimum atomic E-state index is 0.625. The predicted octanol–water partition coefficient (Wildman–Crippen LogP) is 13.2. The van der Waals surface area contributed by atoms with E-state index in [1.54, 1.807) is 0 Å². The van der Waals surface area contributed by atoms with E-state index in [4.69, 9.17) is 19.4 Å². The Bertz CT molecular complexity index is 3180. The fourth-order valence-corrected chi connectivity index (χ4v) is 7.97. The van der Waals surface area contributed by atoms with E-state index >= 15 is 0 Å². The summed E-state index contributed by atoms with van der Waals surface area (Å²) in [4.78, 5) is 14.9. The van der Waals surface area contributed by atoms with Gasteiger partial charge in [0.2, 0.25) is 0 Å². The molecule has 262 valence electrons. The smallest absolute Gasteiger partial charge is 0.164 e. The van der Waals surface area contributed by atoms with Crippen LogP contribution >= 0.6 is 0 Å². The van der Waals surface area contributed by atoms with Gasteiger partial charge in [-0.2, -0.15) is 0 Å². The van der Waals surface area contributed by atoms with Gasteiger partial charge in [0, 0.05) is 38.5 Å². The van der Waals surface area contributed by atoms with Crippen molar-refractivity contribution in [3.63, 3.8) is 0 Å². The minimum Gasteiger partial charge on any atom is -0.455 e. The molecule has 0 unspecified atom stereocenters. The van der Waals surface area contributed by atoms with Crippen LogP contribution in [-0.4, -0.2) is 19.5 Å². The number of para-hydroxylation sites is 1. The molecule has 0 amide bonds. The third-order valence-electron chi connectivity index (χ3n) is 10.6. The zero-order valence-corrected chi connectivity index (χ0v) is 30.2. The summed E-state index contributed by atoms with van der Waals surface area (Å²) in [6.07, 6.45) is 0. The Kier molecular flexibility index (Phi) is 7.42. The number of nitrogens with zero attached hydrogens (tertiary/aromatic N) is 4. The topological polar surface area (TPSA) is 56.7 Å². The van der Waals surface area contributed by atoms with Crippen LogP contribution in [0.2, 0.25) is 0 Å². The minimum absolute atomic E-state index is 0.625. The van der Waals surface area contributed by atoms with Crippen molar-refractivity contribution in [1.82, 2.24) is 19.5 Å². The Balaban J connectivity index is 1.11. The first-order chi connectivity index (χ1) is 27.7. The van der Waals surface area contributed by atoms with Crippen molar-refractivity contribution in [3.05, 3.63) is 194 Å². The molecule has 0 atom stereocenters. The quantitative estimate of drug-likeness (QED) is 0.172. The summed E-state index contributed by atoms with van der Waals surface area (Å²) in [5.41, 5.74) is 12.4. The molecule has 11 rings (SSSR count). The summed E-state index contributed by atoms with van der Waals surface area (Å²) in [7, 11) is 0. The molecule has 8 aromatic carbocycles. The highest BCUT2D eigenvalue weighted by atomic mass is 16.3. The van der Waals surface area contributed by atoms with E-state index in [9.17, 15) is 0 Å². The number of benzene rings is 8. The fourth-order valence-electron chi connectivity index (χ4n) is 7.97. The second kappa shape index (κ2) is 13.0. The van der Waals surface area contributed by atoms with Gasteiger partial charge in [-0.15, -0.1) is 0 Å². The number of hydrogen-bond acceptors (Lipinski definition) is 4. The molecular formula is C51H32N4O. The van der Waals surface area contributed by atoms with Crippen molar-refractivity contribution in [2.45, 2.75) is 0 Å². The van der Waals surface area contributed by atoms with Crippen molar-refractivity contribution < 1.29 is 4.42 Å². The molecule has 0 aliphatic heterocycles. The van der Waals surface area contributed by atoms with Crippen molar-refractivity contribution in [1.29, 1.82) is 0 Å². The molecule has 0 saturated carbocycles. The first-order valence-corrected chi connectivity index (χ1v) is 18.8. The molecule has 3 heterocycles. The van der Waals surface area contributed by atoms with Crippen LogP contribution in [0.1, 0.15) is 0 Å². The summed E-state index contributed by atoms with van der Waals surface area (Å²) < 4.78 is 9.06. The largest absolute Gasteiger partial charge is 0.455 e. The zero-order chi connectivity index (χ0) is 37.0. The summed E-state index contributed by atoms with van der Waals surface area (Å²) in [6, 6.07) is 67.5. The highest BCUT2D eigenvalue weighted by Gasteiger charge is 2.20. The highest BCUT2D eigenvalue weighted by Crippen LogP contribution is 2.42. The molecule has 0 spiro atoms. The number of aromatic nitrogens is 4. The average Bonchev–Trinajstić information content (AvgIpc) is 3.83. The van der Waals surface area contributed by atoms with Gasteiger partial charge in [0.05, 0.1) is 16.4 Å². The first-order valence-electron chi connectivity index (χ1n) is 18.8. The van der Waals surface area contributed by atoms with Crippen LogP contribution in [0.5, 0.6) is 0 Å². The van der Waals surface area contributed by atoms with E-state index in [1.807, 2.05) is 72.8 Å². The lowest BCUT2D eigenvalue weighted by Gasteiger charge is -2.11. The van der Waals surface area contributed by atoms with Gasteiger partial charge in [-0.25, -0.2) is 15.0 Å². The van der Waals surface area contributed by atoms with E-state index in [-0.39, 0.29) is 0 Å². The second-order valence-corrected chi connectivity index (χ2v) is 14.0. The van der Waals surface area contributed by atoms with Gasteiger partial charge in [0.15, 0.2) is 17.5 Å². The van der Waals surface area contributed by atoms with Gasteiger partial charge in [-0.3, -0.25) is 0 Å². The van der Waals surface area contributed by atoms with E-state index in [0.29, 0.717) is 17.5 Å². The Morgan fingerprint density at radius 1 is 0.339 bits per heavy atom. The van der Waals surface area contributed by atoms with Crippen molar-refractivity contribution in [3.8, 4) is 62.1 Å². The molecule has 3 aromatic heterocycles. The predicted molar refractivity (Wildman–Crippen MR) is 229 cm³/mol. The molecule has 0 fully saturated rings. The maximum Gasteiger partial charge on any atom is 0.164 e. The highest BCUT2D eigenvalue weighted by molar-refractivity contribution is 6.24. The molecular weight excluding hydrogens is 685 g/mol. The molecule has 11 aromatic rings. The van der Waals surface area contributed by atoms with E-state index in [2.05, 4.69) is 126 Å². The lowest BCUT2D eigenvalue weighted by Crippen LogP contribution is -2.00. The van der Waals surface area contributed by atoms with Gasteiger partial charge < -0.3 is 8.98 Å². The summed E-state index contributed by atoms with van der Waals surface area (Å²) >= 11 is 0. The molecule has 5 heteroatoms. The van der Waals surface area contributed by atoms with Gasteiger partial charge in [-0.1, -0.05) is 146 Å². The van der Waals surface area contributed by atoms with Crippen LogP contribution in [0.3, 0.4) is 0 Å². The summed E-state index contributed by atoms with van der Waals surface area (Å²) in [6.45, 7) is 0. The Labute approximate surface area is 322 Å². The number of rotatable bonds is 6. The third kappa shape index (κ3) is 5.37. The Morgan fingerprint density at radius 2 is 0.875 bits per heavy atom. The zero-order valence-electron chi connectivity index (χ0n) is 30.2. The van der Waals surface area contributed by atoms with E-state index in [0.717, 1.165) is 77.2 Å². The number of fused-ring (bicyclic) bond motifs is 7. The molecule has 0 bridgehead atoms. The number of hydrogen-bond donors (Lipinski definition) is 0. The van der Waals surface area contributed by atoms with Crippen LogP contribution in [-0.2, 0) is 0 Å². The van der Waals surface area contributed by atoms with E-state index in [1.165, 1.54) is 11.1 Å². The maximum absolute atomic E-state index is 6.70. The Hall–Kier alpha value is -7.63. The molecule has 0 saturated heterocycles. The standard InChI is InChI=1S/C51H32N4O/c1-4-14-33(15-5-1)37-21-13-23-40(31-37)55-44-28-26-38(32-43(44)47-45(55)29-27-42-41-24-10-11-25-46(41)56-48(42)47)36-20-12-22-39(30-36)51-53-49(34-16-6-2-7-17-34)52-50(54-51)35-18-8-3-9-19-35/h1-32H. The average molecular weight is 717 g/mol. The van der Waals surface area contributed by atoms with Gasteiger partial charge in [-0.05, 0) is 70.8 Å². The van der Waals surface area contributed by atoms with Crippen molar-refractivity contribution in [2.24, 2.45) is 0 Å². The van der Waals surface area contributed by atoms with Crippen LogP contribution in [0.4, 0.5) is 0 Å². The molecule has 0 aliphatic rings. The molecule has 5 nitrogen and oxygen atoms in total. The third-order valence-corrected chi connectivity index (χ3v) is 10.6. The lowest BCUT2D eigenvalue weighted by atomic mass is 10.00. The molecule has 0 aliphatic carbocycles. The maximum atomic E-state index is 6.70. The summed E-state index contributed by atoms with van der Waals surface area (Å²) in [5.74, 6) is 1.90. The monoisotopic (exact) mass is 716 g/mol. The van der Waals surface area contributed by atoms with Gasteiger partial charge in [0.1, 0.15) is 11.2 Å². The van der Waals surface area contributed by atoms with Crippen LogP contribution in [0.25, 0.3) is 106 Å². The first kappa shape index (κ1) is 31.9. The van der Waals surface area contributed by atoms with Crippen molar-refractivity contribution in [2.75, 3.05) is 0 Å². The summed E-state index contributed by atoms with van der Waals surface area (Å²) in [5, 5.41) is 4.43. The molecule has 56 heavy (non-hydrogen) atoms. The fraction of sp³-hybridized carbons (Fsp3) is 0. The second-order valence-electron chi connectivity index (χ2n) is 14.0. The number of furan rings is 1. The lowest BCUT2D eigenvalue weighted by molar-refractivity contribution is 0.673. The molecule has 0 radical (unpaired) electrons.